The Morgan fingerprint density at radius 1 is 1.32 bits per heavy atom. The lowest BCUT2D eigenvalue weighted by molar-refractivity contribution is -0.137. The molecule has 0 amide bonds. The van der Waals surface area contributed by atoms with Crippen LogP contribution in [0.4, 0.5) is 5.69 Å². The topological polar surface area (TPSA) is 69.8 Å². The first kappa shape index (κ1) is 13.8. The first-order chi connectivity index (χ1) is 9.08. The molecule has 0 bridgehead atoms. The number of piperazine rings is 1. The van der Waals surface area contributed by atoms with Gasteiger partial charge in [-0.2, -0.15) is 0 Å². The number of likely N-dealkylation sites (N-methyl/N-ethyl adjacent to an activating group) is 1. The summed E-state index contributed by atoms with van der Waals surface area (Å²) in [5.41, 5.74) is 8.01. The molecule has 0 spiro atoms. The fourth-order valence-corrected chi connectivity index (χ4v) is 2.43. The fourth-order valence-electron chi connectivity index (χ4n) is 2.43. The van der Waals surface area contributed by atoms with Crippen molar-refractivity contribution in [3.8, 4) is 0 Å². The lowest BCUT2D eigenvalue weighted by Gasteiger charge is -2.35. The highest BCUT2D eigenvalue weighted by Gasteiger charge is 2.20. The number of carboxylic acids is 1. The van der Waals surface area contributed by atoms with E-state index in [4.69, 9.17) is 10.8 Å². The van der Waals surface area contributed by atoms with Crippen LogP contribution >= 0.6 is 0 Å². The van der Waals surface area contributed by atoms with E-state index in [2.05, 4.69) is 16.8 Å². The Labute approximate surface area is 113 Å². The van der Waals surface area contributed by atoms with Crippen molar-refractivity contribution >= 4 is 11.7 Å². The molecule has 1 saturated heterocycles. The van der Waals surface area contributed by atoms with Gasteiger partial charge in [0, 0.05) is 37.9 Å². The van der Waals surface area contributed by atoms with Crippen LogP contribution in [-0.2, 0) is 4.79 Å². The Morgan fingerprint density at radius 2 is 1.95 bits per heavy atom. The van der Waals surface area contributed by atoms with Crippen molar-refractivity contribution in [1.82, 2.24) is 4.90 Å². The largest absolute Gasteiger partial charge is 0.481 e. The summed E-state index contributed by atoms with van der Waals surface area (Å²) in [4.78, 5) is 15.4. The zero-order chi connectivity index (χ0) is 13.8. The van der Waals surface area contributed by atoms with Crippen LogP contribution in [-0.4, -0.2) is 49.2 Å². The van der Waals surface area contributed by atoms with Crippen molar-refractivity contribution in [3.05, 3.63) is 29.8 Å². The molecule has 1 heterocycles. The molecule has 5 nitrogen and oxygen atoms in total. The zero-order valence-electron chi connectivity index (χ0n) is 11.2. The molecule has 5 heteroatoms. The zero-order valence-corrected chi connectivity index (χ0v) is 11.2. The van der Waals surface area contributed by atoms with Gasteiger partial charge in [0.2, 0.25) is 0 Å². The first-order valence-corrected chi connectivity index (χ1v) is 6.57. The molecule has 1 atom stereocenters. The summed E-state index contributed by atoms with van der Waals surface area (Å²) < 4.78 is 0. The van der Waals surface area contributed by atoms with Crippen molar-refractivity contribution in [2.24, 2.45) is 5.73 Å². The predicted molar refractivity (Wildman–Crippen MR) is 75.3 cm³/mol. The third-order valence-electron chi connectivity index (χ3n) is 3.57. The van der Waals surface area contributed by atoms with Gasteiger partial charge < -0.3 is 20.6 Å². The van der Waals surface area contributed by atoms with Gasteiger partial charge in [-0.25, -0.2) is 0 Å². The Hall–Kier alpha value is -1.59. The Kier molecular flexibility index (Phi) is 4.39. The van der Waals surface area contributed by atoms with Gasteiger partial charge in [0.05, 0.1) is 6.42 Å². The number of para-hydroxylation sites is 1. The van der Waals surface area contributed by atoms with Gasteiger partial charge in [-0.15, -0.1) is 0 Å². The van der Waals surface area contributed by atoms with Gasteiger partial charge in [0.15, 0.2) is 0 Å². The Morgan fingerprint density at radius 3 is 2.58 bits per heavy atom. The van der Waals surface area contributed by atoms with Gasteiger partial charge >= 0.3 is 5.97 Å². The van der Waals surface area contributed by atoms with E-state index in [-0.39, 0.29) is 6.42 Å². The summed E-state index contributed by atoms with van der Waals surface area (Å²) in [6, 6.07) is 7.40. The summed E-state index contributed by atoms with van der Waals surface area (Å²) in [5.74, 6) is -0.860. The maximum Gasteiger partial charge on any atom is 0.305 e. The summed E-state index contributed by atoms with van der Waals surface area (Å²) in [7, 11) is 2.11. The average Bonchev–Trinajstić information content (AvgIpc) is 2.39. The van der Waals surface area contributed by atoms with Gasteiger partial charge in [-0.05, 0) is 18.7 Å². The summed E-state index contributed by atoms with van der Waals surface area (Å²) in [6.07, 6.45) is -0.0369. The Balaban J connectivity index is 2.18. The molecule has 0 aliphatic carbocycles. The number of nitrogens with zero attached hydrogens (tertiary/aromatic N) is 2. The maximum atomic E-state index is 10.8. The molecular formula is C14H21N3O2. The van der Waals surface area contributed by atoms with Gasteiger partial charge in [-0.1, -0.05) is 18.2 Å². The predicted octanol–water partition coefficient (Wildman–Crippen LogP) is 0.913. The molecule has 1 aliphatic rings. The normalized spacial score (nSPS) is 18.3. The molecular weight excluding hydrogens is 242 g/mol. The van der Waals surface area contributed by atoms with Crippen LogP contribution in [0, 0.1) is 0 Å². The highest BCUT2D eigenvalue weighted by Crippen LogP contribution is 2.27. The third kappa shape index (κ3) is 3.45. The van der Waals surface area contributed by atoms with Crippen molar-refractivity contribution in [2.45, 2.75) is 12.5 Å². The van der Waals surface area contributed by atoms with E-state index in [0.717, 1.165) is 37.4 Å². The second kappa shape index (κ2) is 6.04. The SMILES string of the molecule is CN1CCN(c2ccccc2C(N)CC(=O)O)CC1. The summed E-state index contributed by atoms with van der Waals surface area (Å²) in [5, 5.41) is 8.88. The minimum Gasteiger partial charge on any atom is -0.481 e. The van der Waals surface area contributed by atoms with Gasteiger partial charge in [-0.3, -0.25) is 4.79 Å². The number of carboxylic acid groups (broad SMARTS) is 1. The number of carbonyl (C=O) groups is 1. The number of aliphatic carboxylic acids is 1. The average molecular weight is 263 g/mol. The number of hydrogen-bond donors (Lipinski definition) is 2. The Bertz CT molecular complexity index is 442. The number of nitrogens with two attached hydrogens (primary N) is 1. The van der Waals surface area contributed by atoms with Crippen LogP contribution in [0.5, 0.6) is 0 Å². The van der Waals surface area contributed by atoms with E-state index >= 15 is 0 Å². The maximum absolute atomic E-state index is 10.8. The fraction of sp³-hybridized carbons (Fsp3) is 0.500. The highest BCUT2D eigenvalue weighted by atomic mass is 16.4. The molecule has 1 aliphatic heterocycles. The highest BCUT2D eigenvalue weighted by molar-refractivity contribution is 5.69. The van der Waals surface area contributed by atoms with Crippen molar-refractivity contribution in [2.75, 3.05) is 38.1 Å². The second-order valence-corrected chi connectivity index (χ2v) is 5.05. The van der Waals surface area contributed by atoms with Crippen LogP contribution in [0.1, 0.15) is 18.0 Å². The smallest absolute Gasteiger partial charge is 0.305 e. The standard InChI is InChI=1S/C14H21N3O2/c1-16-6-8-17(9-7-16)13-5-3-2-4-11(13)12(15)10-14(18)19/h2-5,12H,6-10,15H2,1H3,(H,18,19). The van der Waals surface area contributed by atoms with E-state index < -0.39 is 12.0 Å². The molecule has 3 N–H and O–H groups in total. The molecule has 1 fully saturated rings. The van der Waals surface area contributed by atoms with E-state index in [1.165, 1.54) is 0 Å². The van der Waals surface area contributed by atoms with Gasteiger partial charge in [0.1, 0.15) is 0 Å². The van der Waals surface area contributed by atoms with Gasteiger partial charge in [0.25, 0.3) is 0 Å². The molecule has 0 saturated carbocycles. The van der Waals surface area contributed by atoms with Crippen LogP contribution in [0.25, 0.3) is 0 Å². The lowest BCUT2D eigenvalue weighted by atomic mass is 10.0. The number of hydrogen-bond acceptors (Lipinski definition) is 4. The minimum absolute atomic E-state index is 0.0369. The van der Waals surface area contributed by atoms with Crippen LogP contribution < -0.4 is 10.6 Å². The number of anilines is 1. The van der Waals surface area contributed by atoms with Crippen molar-refractivity contribution in [1.29, 1.82) is 0 Å². The molecule has 19 heavy (non-hydrogen) atoms. The quantitative estimate of drug-likeness (QED) is 0.845. The number of benzene rings is 1. The molecule has 104 valence electrons. The number of rotatable bonds is 4. The molecule has 1 aromatic carbocycles. The summed E-state index contributed by atoms with van der Waals surface area (Å²) >= 11 is 0. The van der Waals surface area contributed by atoms with E-state index in [1.807, 2.05) is 24.3 Å². The van der Waals surface area contributed by atoms with Crippen molar-refractivity contribution in [3.63, 3.8) is 0 Å². The van der Waals surface area contributed by atoms with Crippen LogP contribution in [0.2, 0.25) is 0 Å². The van der Waals surface area contributed by atoms with Crippen LogP contribution in [0.15, 0.2) is 24.3 Å². The third-order valence-corrected chi connectivity index (χ3v) is 3.57. The monoisotopic (exact) mass is 263 g/mol. The van der Waals surface area contributed by atoms with Crippen molar-refractivity contribution < 1.29 is 9.90 Å². The molecule has 1 unspecified atom stereocenters. The van der Waals surface area contributed by atoms with E-state index in [0.29, 0.717) is 0 Å². The molecule has 1 aromatic rings. The van der Waals surface area contributed by atoms with Crippen LogP contribution in [0.3, 0.4) is 0 Å². The molecule has 0 radical (unpaired) electrons. The van der Waals surface area contributed by atoms with E-state index in [1.54, 1.807) is 0 Å². The summed E-state index contributed by atoms with van der Waals surface area (Å²) in [6.45, 7) is 3.94. The lowest BCUT2D eigenvalue weighted by Crippen LogP contribution is -2.45. The minimum atomic E-state index is -0.860. The molecule has 2 rings (SSSR count). The first-order valence-electron chi connectivity index (χ1n) is 6.57. The molecule has 0 aromatic heterocycles. The van der Waals surface area contributed by atoms with E-state index in [9.17, 15) is 4.79 Å². The second-order valence-electron chi connectivity index (χ2n) is 5.05.